The number of hydrogen-bond acceptors (Lipinski definition) is 4. The monoisotopic (exact) mass is 363 g/mol. The first-order chi connectivity index (χ1) is 10.1. The Morgan fingerprint density at radius 3 is 2.26 bits per heavy atom. The summed E-state index contributed by atoms with van der Waals surface area (Å²) in [5.74, 6) is -6.46. The van der Waals surface area contributed by atoms with E-state index in [2.05, 4.69) is 9.47 Å². The lowest BCUT2D eigenvalue weighted by atomic mass is 9.98. The molecule has 0 aliphatic rings. The molecule has 0 saturated carbocycles. The number of esters is 1. The Bertz CT molecular complexity index is 551. The molecule has 1 atom stereocenters. The van der Waals surface area contributed by atoms with Crippen LogP contribution in [-0.4, -0.2) is 25.6 Å². The van der Waals surface area contributed by atoms with Crippen LogP contribution in [0.1, 0.15) is 24.1 Å². The predicted octanol–water partition coefficient (Wildman–Crippen LogP) is 3.33. The molecule has 4 nitrogen and oxygen atoms in total. The molecule has 0 bridgehead atoms. The molecule has 10 heteroatoms. The van der Waals surface area contributed by atoms with Gasteiger partial charge in [-0.25, -0.2) is 4.79 Å². The zero-order chi connectivity index (χ0) is 17.1. The van der Waals surface area contributed by atoms with Gasteiger partial charge in [0.1, 0.15) is 11.8 Å². The second kappa shape index (κ2) is 7.78. The topological polar surface area (TPSA) is 61.5 Å². The summed E-state index contributed by atoms with van der Waals surface area (Å²) < 4.78 is 74.4. The SMILES string of the molecule is CCOC(=O)C(F)(F)[C@H](N)c1ccc(C(F)(F)F)cc1OC.Cl. The highest BCUT2D eigenvalue weighted by Gasteiger charge is 2.49. The zero-order valence-corrected chi connectivity index (χ0v) is 12.9. The third-order valence-electron chi connectivity index (χ3n) is 2.83. The minimum absolute atomic E-state index is 0. The van der Waals surface area contributed by atoms with Gasteiger partial charge in [0.15, 0.2) is 0 Å². The number of nitrogens with two attached hydrogens (primary N) is 1. The number of ether oxygens (including phenoxy) is 2. The first kappa shape index (κ1) is 21.4. The van der Waals surface area contributed by atoms with Gasteiger partial charge in [-0.2, -0.15) is 22.0 Å². The smallest absolute Gasteiger partial charge is 0.416 e. The minimum Gasteiger partial charge on any atom is -0.496 e. The Morgan fingerprint density at radius 2 is 1.83 bits per heavy atom. The van der Waals surface area contributed by atoms with E-state index in [1.807, 2.05) is 0 Å². The van der Waals surface area contributed by atoms with Crippen LogP contribution >= 0.6 is 12.4 Å². The number of alkyl halides is 5. The molecule has 23 heavy (non-hydrogen) atoms. The van der Waals surface area contributed by atoms with Crippen molar-refractivity contribution in [3.05, 3.63) is 29.3 Å². The normalized spacial score (nSPS) is 13.0. The van der Waals surface area contributed by atoms with Crippen LogP contribution in [0.4, 0.5) is 22.0 Å². The Morgan fingerprint density at radius 1 is 1.26 bits per heavy atom. The highest BCUT2D eigenvalue weighted by molar-refractivity contribution is 5.85. The molecule has 0 heterocycles. The van der Waals surface area contributed by atoms with E-state index in [9.17, 15) is 26.7 Å². The van der Waals surface area contributed by atoms with Crippen LogP contribution in [-0.2, 0) is 15.7 Å². The number of carbonyl (C=O) groups is 1. The first-order valence-electron chi connectivity index (χ1n) is 6.11. The summed E-state index contributed by atoms with van der Waals surface area (Å²) in [4.78, 5) is 11.2. The summed E-state index contributed by atoms with van der Waals surface area (Å²) >= 11 is 0. The lowest BCUT2D eigenvalue weighted by molar-refractivity contribution is -0.174. The van der Waals surface area contributed by atoms with Crippen LogP contribution in [0.2, 0.25) is 0 Å². The Hall–Kier alpha value is -1.61. The molecule has 1 aromatic carbocycles. The minimum atomic E-state index is -4.67. The Labute approximate surface area is 135 Å². The molecule has 1 rings (SSSR count). The van der Waals surface area contributed by atoms with Gasteiger partial charge >= 0.3 is 18.1 Å². The third kappa shape index (κ3) is 4.68. The van der Waals surface area contributed by atoms with Gasteiger partial charge in [0.2, 0.25) is 0 Å². The molecule has 0 saturated heterocycles. The molecule has 1 aromatic rings. The van der Waals surface area contributed by atoms with Gasteiger partial charge in [0, 0.05) is 5.56 Å². The maximum Gasteiger partial charge on any atom is 0.416 e. The highest BCUT2D eigenvalue weighted by Crippen LogP contribution is 2.39. The molecular formula is C13H15ClF5NO3. The first-order valence-corrected chi connectivity index (χ1v) is 6.11. The van der Waals surface area contributed by atoms with Crippen molar-refractivity contribution in [3.63, 3.8) is 0 Å². The molecule has 132 valence electrons. The van der Waals surface area contributed by atoms with E-state index in [0.29, 0.717) is 12.1 Å². The van der Waals surface area contributed by atoms with Crippen molar-refractivity contribution in [2.75, 3.05) is 13.7 Å². The van der Waals surface area contributed by atoms with Crippen molar-refractivity contribution in [3.8, 4) is 5.75 Å². The molecule has 0 amide bonds. The van der Waals surface area contributed by atoms with Crippen LogP contribution in [0.3, 0.4) is 0 Å². The Balaban J connectivity index is 0.00000484. The van der Waals surface area contributed by atoms with Crippen molar-refractivity contribution in [2.24, 2.45) is 5.73 Å². The summed E-state index contributed by atoms with van der Waals surface area (Å²) in [7, 11) is 1.01. The lowest BCUT2D eigenvalue weighted by Gasteiger charge is -2.24. The van der Waals surface area contributed by atoms with Gasteiger partial charge < -0.3 is 15.2 Å². The number of hydrogen-bond donors (Lipinski definition) is 1. The van der Waals surface area contributed by atoms with Crippen molar-refractivity contribution < 1.29 is 36.2 Å². The maximum atomic E-state index is 13.9. The lowest BCUT2D eigenvalue weighted by Crippen LogP contribution is -2.42. The number of rotatable bonds is 5. The molecule has 0 aliphatic carbocycles. The number of methoxy groups -OCH3 is 1. The molecule has 0 aromatic heterocycles. The average molecular weight is 364 g/mol. The fourth-order valence-corrected chi connectivity index (χ4v) is 1.69. The summed E-state index contributed by atoms with van der Waals surface area (Å²) in [5, 5.41) is 0. The molecule has 0 fully saturated rings. The third-order valence-corrected chi connectivity index (χ3v) is 2.83. The van der Waals surface area contributed by atoms with E-state index in [1.165, 1.54) is 6.92 Å². The van der Waals surface area contributed by atoms with Crippen LogP contribution in [0.5, 0.6) is 5.75 Å². The highest BCUT2D eigenvalue weighted by atomic mass is 35.5. The number of carbonyl (C=O) groups excluding carboxylic acids is 1. The van der Waals surface area contributed by atoms with Gasteiger partial charge in [-0.15, -0.1) is 12.4 Å². The predicted molar refractivity (Wildman–Crippen MR) is 73.8 cm³/mol. The quantitative estimate of drug-likeness (QED) is 0.644. The fraction of sp³-hybridized carbons (Fsp3) is 0.462. The number of halogens is 6. The van der Waals surface area contributed by atoms with Crippen molar-refractivity contribution >= 4 is 18.4 Å². The van der Waals surface area contributed by atoms with E-state index in [0.717, 1.165) is 13.2 Å². The summed E-state index contributed by atoms with van der Waals surface area (Å²) in [6, 6.07) is -0.335. The van der Waals surface area contributed by atoms with E-state index < -0.39 is 41.0 Å². The number of benzene rings is 1. The van der Waals surface area contributed by atoms with Crippen LogP contribution in [0.15, 0.2) is 18.2 Å². The summed E-state index contributed by atoms with van der Waals surface area (Å²) in [6.45, 7) is 1.05. The molecular weight excluding hydrogens is 349 g/mol. The van der Waals surface area contributed by atoms with Gasteiger partial charge in [-0.05, 0) is 19.1 Å². The van der Waals surface area contributed by atoms with E-state index >= 15 is 0 Å². The largest absolute Gasteiger partial charge is 0.496 e. The van der Waals surface area contributed by atoms with Crippen molar-refractivity contribution in [1.29, 1.82) is 0 Å². The second-order valence-corrected chi connectivity index (χ2v) is 4.28. The van der Waals surface area contributed by atoms with Gasteiger partial charge in [0.05, 0.1) is 19.3 Å². The van der Waals surface area contributed by atoms with Gasteiger partial charge in [-0.1, -0.05) is 6.07 Å². The van der Waals surface area contributed by atoms with Crippen molar-refractivity contribution in [1.82, 2.24) is 0 Å². The molecule has 0 unspecified atom stereocenters. The fourth-order valence-electron chi connectivity index (χ4n) is 1.69. The van der Waals surface area contributed by atoms with Crippen LogP contribution in [0, 0.1) is 0 Å². The summed E-state index contributed by atoms with van der Waals surface area (Å²) in [6.07, 6.45) is -4.67. The van der Waals surface area contributed by atoms with E-state index in [1.54, 1.807) is 0 Å². The standard InChI is InChI=1S/C13H14F5NO3.ClH/c1-3-22-11(20)12(14,15)10(19)8-5-4-7(13(16,17)18)6-9(8)21-2;/h4-6,10H,3,19H2,1-2H3;1H/t10-;/m1./s1. The van der Waals surface area contributed by atoms with Gasteiger partial charge in [0.25, 0.3) is 0 Å². The van der Waals surface area contributed by atoms with Crippen molar-refractivity contribution in [2.45, 2.75) is 25.1 Å². The van der Waals surface area contributed by atoms with Crippen LogP contribution < -0.4 is 10.5 Å². The Kier molecular flexibility index (Phi) is 7.24. The average Bonchev–Trinajstić information content (AvgIpc) is 2.44. The second-order valence-electron chi connectivity index (χ2n) is 4.28. The van der Waals surface area contributed by atoms with Crippen LogP contribution in [0.25, 0.3) is 0 Å². The summed E-state index contributed by atoms with van der Waals surface area (Å²) in [5.41, 5.74) is 3.81. The van der Waals surface area contributed by atoms with E-state index in [4.69, 9.17) is 5.73 Å². The zero-order valence-electron chi connectivity index (χ0n) is 12.1. The molecule has 0 radical (unpaired) electrons. The molecule has 0 aliphatic heterocycles. The molecule has 0 spiro atoms. The van der Waals surface area contributed by atoms with E-state index in [-0.39, 0.29) is 19.0 Å². The molecule has 2 N–H and O–H groups in total. The van der Waals surface area contributed by atoms with Gasteiger partial charge in [-0.3, -0.25) is 0 Å². The maximum absolute atomic E-state index is 13.9.